The number of carboxylic acid groups (broad SMARTS) is 1. The minimum absolute atomic E-state index is 0.166. The van der Waals surface area contributed by atoms with Crippen molar-refractivity contribution < 1.29 is 9.90 Å². The van der Waals surface area contributed by atoms with Crippen molar-refractivity contribution in [3.05, 3.63) is 35.0 Å². The van der Waals surface area contributed by atoms with Crippen LogP contribution in [0, 0.1) is 0 Å². The average Bonchev–Trinajstić information content (AvgIpc) is 2.37. The Balaban J connectivity index is 2.44. The van der Waals surface area contributed by atoms with E-state index < -0.39 is 5.97 Å². The number of rotatable bonds is 2. The van der Waals surface area contributed by atoms with Gasteiger partial charge in [0, 0.05) is 24.2 Å². The van der Waals surface area contributed by atoms with Gasteiger partial charge in [0.2, 0.25) is 0 Å². The molecule has 0 aliphatic carbocycles. The number of aromatic carboxylic acids is 1. The van der Waals surface area contributed by atoms with Crippen LogP contribution in [-0.4, -0.2) is 29.1 Å². The molecular formula is C16H22N2O2. The number of aromatic nitrogens is 1. The Labute approximate surface area is 120 Å². The van der Waals surface area contributed by atoms with Gasteiger partial charge in [0.1, 0.15) is 5.82 Å². The smallest absolute Gasteiger partial charge is 0.335 e. The zero-order chi connectivity index (χ0) is 14.9. The Morgan fingerprint density at radius 1 is 1.35 bits per heavy atom. The topological polar surface area (TPSA) is 53.4 Å². The lowest BCUT2D eigenvalue weighted by molar-refractivity contribution is 0.0696. The summed E-state index contributed by atoms with van der Waals surface area (Å²) in [6.45, 7) is 9.94. The van der Waals surface area contributed by atoms with E-state index in [4.69, 9.17) is 0 Å². The molecule has 2 rings (SSSR count). The minimum atomic E-state index is -0.900. The molecule has 0 amide bonds. The highest BCUT2D eigenvalue weighted by atomic mass is 16.4. The summed E-state index contributed by atoms with van der Waals surface area (Å²) < 4.78 is 0. The van der Waals surface area contributed by atoms with E-state index >= 15 is 0 Å². The number of carboxylic acids is 1. The molecule has 1 aliphatic rings. The molecule has 0 spiro atoms. The van der Waals surface area contributed by atoms with Gasteiger partial charge in [-0.3, -0.25) is 0 Å². The molecule has 108 valence electrons. The lowest BCUT2D eigenvalue weighted by Crippen LogP contribution is -2.31. The van der Waals surface area contributed by atoms with Crippen LogP contribution in [0.1, 0.15) is 50.2 Å². The van der Waals surface area contributed by atoms with Gasteiger partial charge in [-0.15, -0.1) is 0 Å². The molecule has 4 heteroatoms. The summed E-state index contributed by atoms with van der Waals surface area (Å²) in [5.74, 6) is -0.134. The predicted molar refractivity (Wildman–Crippen MR) is 80.5 cm³/mol. The summed E-state index contributed by atoms with van der Waals surface area (Å²) in [7, 11) is 0. The van der Waals surface area contributed by atoms with Crippen LogP contribution in [0.15, 0.2) is 23.8 Å². The van der Waals surface area contributed by atoms with Gasteiger partial charge in [0.25, 0.3) is 0 Å². The molecule has 1 aromatic rings. The van der Waals surface area contributed by atoms with Crippen LogP contribution in [0.25, 0.3) is 0 Å². The van der Waals surface area contributed by atoms with Gasteiger partial charge in [0.05, 0.1) is 5.56 Å². The zero-order valence-electron chi connectivity index (χ0n) is 12.6. The second-order valence-corrected chi connectivity index (χ2v) is 6.42. The van der Waals surface area contributed by atoms with Crippen LogP contribution in [-0.2, 0) is 5.41 Å². The fraction of sp³-hybridized carbons (Fsp3) is 0.500. The summed E-state index contributed by atoms with van der Waals surface area (Å²) in [6, 6.07) is 3.36. The Hall–Kier alpha value is -1.84. The van der Waals surface area contributed by atoms with Crippen LogP contribution in [0.5, 0.6) is 0 Å². The molecule has 0 fully saturated rings. The first-order chi connectivity index (χ1) is 9.27. The molecule has 0 saturated carbocycles. The largest absolute Gasteiger partial charge is 0.478 e. The van der Waals surface area contributed by atoms with Gasteiger partial charge in [-0.25, -0.2) is 9.78 Å². The van der Waals surface area contributed by atoms with E-state index in [2.05, 4.69) is 22.9 Å². The summed E-state index contributed by atoms with van der Waals surface area (Å²) in [5, 5.41) is 9.29. The third-order valence-corrected chi connectivity index (χ3v) is 3.48. The van der Waals surface area contributed by atoms with E-state index in [0.717, 1.165) is 31.0 Å². The highest BCUT2D eigenvalue weighted by Gasteiger charge is 2.21. The van der Waals surface area contributed by atoms with Crippen molar-refractivity contribution in [1.82, 2.24) is 4.98 Å². The SMILES string of the molecule is CC1=CCCN(c2cc(C(=O)O)cc(C(C)(C)C)n2)C1. The van der Waals surface area contributed by atoms with Crippen LogP contribution in [0.3, 0.4) is 0 Å². The fourth-order valence-electron chi connectivity index (χ4n) is 2.29. The van der Waals surface area contributed by atoms with Crippen molar-refractivity contribution in [1.29, 1.82) is 0 Å². The molecule has 1 aliphatic heterocycles. The van der Waals surface area contributed by atoms with Crippen molar-refractivity contribution in [2.45, 2.75) is 39.5 Å². The van der Waals surface area contributed by atoms with E-state index in [0.29, 0.717) is 5.56 Å². The number of carbonyl (C=O) groups is 1. The number of hydrogen-bond acceptors (Lipinski definition) is 3. The molecule has 1 N–H and O–H groups in total. The van der Waals surface area contributed by atoms with Crippen molar-refractivity contribution in [3.8, 4) is 0 Å². The normalized spacial score (nSPS) is 16.0. The molecule has 20 heavy (non-hydrogen) atoms. The molecule has 1 aromatic heterocycles. The standard InChI is InChI=1S/C16H22N2O2/c1-11-6-5-7-18(10-11)14-9-12(15(19)20)8-13(17-14)16(2,3)4/h6,8-9H,5,7,10H2,1-4H3,(H,19,20). The highest BCUT2D eigenvalue weighted by Crippen LogP contribution is 2.26. The molecule has 0 aromatic carbocycles. The quantitative estimate of drug-likeness (QED) is 0.841. The maximum absolute atomic E-state index is 11.3. The lowest BCUT2D eigenvalue weighted by atomic mass is 9.90. The Kier molecular flexibility index (Phi) is 3.84. The maximum Gasteiger partial charge on any atom is 0.335 e. The second kappa shape index (κ2) is 5.27. The Bertz CT molecular complexity index is 556. The number of nitrogens with zero attached hydrogens (tertiary/aromatic N) is 2. The van der Waals surface area contributed by atoms with Crippen LogP contribution in [0.4, 0.5) is 5.82 Å². The maximum atomic E-state index is 11.3. The molecule has 0 bridgehead atoms. The number of pyridine rings is 1. The second-order valence-electron chi connectivity index (χ2n) is 6.42. The van der Waals surface area contributed by atoms with E-state index in [9.17, 15) is 9.90 Å². The monoisotopic (exact) mass is 274 g/mol. The predicted octanol–water partition coefficient (Wildman–Crippen LogP) is 3.23. The summed E-state index contributed by atoms with van der Waals surface area (Å²) in [5.41, 5.74) is 2.27. The molecule has 0 atom stereocenters. The Morgan fingerprint density at radius 2 is 2.05 bits per heavy atom. The first-order valence-corrected chi connectivity index (χ1v) is 6.94. The molecule has 2 heterocycles. The summed E-state index contributed by atoms with van der Waals surface area (Å²) in [4.78, 5) is 18.2. The number of anilines is 1. The van der Waals surface area contributed by atoms with Gasteiger partial charge >= 0.3 is 5.97 Å². The van der Waals surface area contributed by atoms with Crippen LogP contribution < -0.4 is 4.90 Å². The highest BCUT2D eigenvalue weighted by molar-refractivity contribution is 5.88. The van der Waals surface area contributed by atoms with Gasteiger partial charge < -0.3 is 10.0 Å². The van der Waals surface area contributed by atoms with Gasteiger partial charge in [-0.05, 0) is 25.5 Å². The van der Waals surface area contributed by atoms with Crippen LogP contribution in [0.2, 0.25) is 0 Å². The Morgan fingerprint density at radius 3 is 2.60 bits per heavy atom. The molecule has 4 nitrogen and oxygen atoms in total. The molecular weight excluding hydrogens is 252 g/mol. The van der Waals surface area contributed by atoms with E-state index in [-0.39, 0.29) is 5.41 Å². The summed E-state index contributed by atoms with van der Waals surface area (Å²) >= 11 is 0. The van der Waals surface area contributed by atoms with E-state index in [1.165, 1.54) is 5.57 Å². The van der Waals surface area contributed by atoms with Crippen LogP contribution >= 0.6 is 0 Å². The van der Waals surface area contributed by atoms with Gasteiger partial charge in [0.15, 0.2) is 0 Å². The minimum Gasteiger partial charge on any atom is -0.478 e. The first-order valence-electron chi connectivity index (χ1n) is 6.94. The van der Waals surface area contributed by atoms with E-state index in [1.807, 2.05) is 20.8 Å². The fourth-order valence-corrected chi connectivity index (χ4v) is 2.29. The third-order valence-electron chi connectivity index (χ3n) is 3.48. The zero-order valence-corrected chi connectivity index (χ0v) is 12.6. The van der Waals surface area contributed by atoms with E-state index in [1.54, 1.807) is 12.1 Å². The van der Waals surface area contributed by atoms with Gasteiger partial charge in [-0.2, -0.15) is 0 Å². The summed E-state index contributed by atoms with van der Waals surface area (Å²) in [6.07, 6.45) is 3.21. The first kappa shape index (κ1) is 14.6. The van der Waals surface area contributed by atoms with Gasteiger partial charge in [-0.1, -0.05) is 32.4 Å². The molecule has 0 radical (unpaired) electrons. The third kappa shape index (κ3) is 3.18. The molecule has 0 unspecified atom stereocenters. The lowest BCUT2D eigenvalue weighted by Gasteiger charge is -2.29. The van der Waals surface area contributed by atoms with Crippen molar-refractivity contribution >= 4 is 11.8 Å². The average molecular weight is 274 g/mol. The number of hydrogen-bond donors (Lipinski definition) is 1. The van der Waals surface area contributed by atoms with Crippen molar-refractivity contribution in [3.63, 3.8) is 0 Å². The van der Waals surface area contributed by atoms with Crippen molar-refractivity contribution in [2.75, 3.05) is 18.0 Å². The molecule has 0 saturated heterocycles. The van der Waals surface area contributed by atoms with Crippen molar-refractivity contribution in [2.24, 2.45) is 0 Å².